The first-order chi connectivity index (χ1) is 12.2. The maximum Gasteiger partial charge on any atom is 0.295 e. The van der Waals surface area contributed by atoms with Crippen LogP contribution in [0.4, 0.5) is 0 Å². The summed E-state index contributed by atoms with van der Waals surface area (Å²) in [5, 5.41) is 12.1. The largest absolute Gasteiger partial charge is 0.494 e. The van der Waals surface area contributed by atoms with Crippen molar-refractivity contribution in [3.05, 3.63) is 53.9 Å². The predicted octanol–water partition coefficient (Wildman–Crippen LogP) is 3.01. The van der Waals surface area contributed by atoms with Crippen LogP contribution in [0.5, 0.6) is 5.75 Å². The Labute approximate surface area is 144 Å². The number of nitrogens with two attached hydrogens (primary N) is 1. The lowest BCUT2D eigenvalue weighted by atomic mass is 9.94. The standard InChI is InChI=1S/C18H17N5O2/c1-2-25-12-5-6-23-17(8-12)15(10-20-23)11-3-4-13-14(7-11)16(9-19)21-22-18(13)24/h3-8,10,16H,2,9,19H2,1H3. The molecule has 1 atom stereocenters. The minimum atomic E-state index is -0.329. The van der Waals surface area contributed by atoms with Gasteiger partial charge < -0.3 is 10.5 Å². The number of nitrogens with zero attached hydrogens (tertiary/aromatic N) is 4. The van der Waals surface area contributed by atoms with Gasteiger partial charge in [-0.3, -0.25) is 4.79 Å². The number of amides is 1. The number of carbonyl (C=O) groups is 1. The van der Waals surface area contributed by atoms with E-state index in [-0.39, 0.29) is 11.9 Å². The number of pyridine rings is 1. The summed E-state index contributed by atoms with van der Waals surface area (Å²) >= 11 is 0. The molecule has 0 saturated carbocycles. The Bertz CT molecular complexity index is 992. The minimum Gasteiger partial charge on any atom is -0.494 e. The molecule has 0 bridgehead atoms. The molecule has 3 heterocycles. The molecule has 1 amide bonds. The molecule has 0 spiro atoms. The van der Waals surface area contributed by atoms with E-state index in [1.807, 2.05) is 37.4 Å². The lowest BCUT2D eigenvalue weighted by Crippen LogP contribution is -2.17. The van der Waals surface area contributed by atoms with Crippen molar-refractivity contribution in [1.29, 1.82) is 0 Å². The maximum absolute atomic E-state index is 11.9. The number of hydrogen-bond acceptors (Lipinski definition) is 5. The van der Waals surface area contributed by atoms with Crippen LogP contribution < -0.4 is 10.5 Å². The van der Waals surface area contributed by atoms with Crippen LogP contribution in [0.25, 0.3) is 16.6 Å². The van der Waals surface area contributed by atoms with Crippen molar-refractivity contribution in [3.63, 3.8) is 0 Å². The summed E-state index contributed by atoms with van der Waals surface area (Å²) in [6, 6.07) is 9.17. The van der Waals surface area contributed by atoms with E-state index in [9.17, 15) is 4.79 Å². The van der Waals surface area contributed by atoms with Crippen LogP contribution >= 0.6 is 0 Å². The van der Waals surface area contributed by atoms with E-state index in [0.29, 0.717) is 18.7 Å². The van der Waals surface area contributed by atoms with E-state index in [1.165, 1.54) is 0 Å². The Hall–Kier alpha value is -3.06. The Morgan fingerprint density at radius 2 is 2.12 bits per heavy atom. The fraction of sp³-hybridized carbons (Fsp3) is 0.222. The zero-order chi connectivity index (χ0) is 17.4. The first-order valence-electron chi connectivity index (χ1n) is 8.11. The highest BCUT2D eigenvalue weighted by Crippen LogP contribution is 2.33. The molecule has 25 heavy (non-hydrogen) atoms. The maximum atomic E-state index is 11.9. The van der Waals surface area contributed by atoms with Gasteiger partial charge in [-0.2, -0.15) is 10.2 Å². The summed E-state index contributed by atoms with van der Waals surface area (Å²) in [4.78, 5) is 11.9. The summed E-state index contributed by atoms with van der Waals surface area (Å²) in [6.07, 6.45) is 3.67. The Balaban J connectivity index is 1.84. The van der Waals surface area contributed by atoms with Crippen LogP contribution in [0.15, 0.2) is 53.0 Å². The first-order valence-corrected chi connectivity index (χ1v) is 8.11. The fourth-order valence-corrected chi connectivity index (χ4v) is 3.05. The molecule has 2 N–H and O–H groups in total. The lowest BCUT2D eigenvalue weighted by Gasteiger charge is -2.17. The second-order valence-electron chi connectivity index (χ2n) is 5.76. The van der Waals surface area contributed by atoms with Gasteiger partial charge in [0.15, 0.2) is 0 Å². The number of azo groups is 1. The second-order valence-corrected chi connectivity index (χ2v) is 5.76. The van der Waals surface area contributed by atoms with E-state index < -0.39 is 0 Å². The molecule has 2 aromatic heterocycles. The first kappa shape index (κ1) is 15.5. The molecular formula is C18H17N5O2. The molecule has 1 aliphatic rings. The third kappa shape index (κ3) is 2.58. The number of fused-ring (bicyclic) bond motifs is 2. The van der Waals surface area contributed by atoms with E-state index in [0.717, 1.165) is 28.0 Å². The van der Waals surface area contributed by atoms with Crippen LogP contribution in [0.2, 0.25) is 0 Å². The van der Waals surface area contributed by atoms with Gasteiger partial charge in [0.1, 0.15) is 11.8 Å². The van der Waals surface area contributed by atoms with Gasteiger partial charge in [0.05, 0.1) is 18.3 Å². The zero-order valence-corrected chi connectivity index (χ0v) is 13.7. The SMILES string of the molecule is CCOc1ccn2ncc(-c3ccc4c(c3)C(CN)N=NC4=O)c2c1. The van der Waals surface area contributed by atoms with Gasteiger partial charge in [0.2, 0.25) is 0 Å². The highest BCUT2D eigenvalue weighted by Gasteiger charge is 2.24. The monoisotopic (exact) mass is 335 g/mol. The van der Waals surface area contributed by atoms with Gasteiger partial charge in [-0.25, -0.2) is 4.52 Å². The van der Waals surface area contributed by atoms with Crippen molar-refractivity contribution in [2.45, 2.75) is 13.0 Å². The Morgan fingerprint density at radius 1 is 1.24 bits per heavy atom. The second kappa shape index (κ2) is 6.10. The number of hydrogen-bond donors (Lipinski definition) is 1. The smallest absolute Gasteiger partial charge is 0.295 e. The molecule has 1 aromatic carbocycles. The normalized spacial score (nSPS) is 16.2. The number of ether oxygens (including phenoxy) is 1. The van der Waals surface area contributed by atoms with Gasteiger partial charge in [0, 0.05) is 29.9 Å². The molecule has 0 fully saturated rings. The summed E-state index contributed by atoms with van der Waals surface area (Å²) in [7, 11) is 0. The van der Waals surface area contributed by atoms with Crippen LogP contribution in [0.1, 0.15) is 28.9 Å². The van der Waals surface area contributed by atoms with Gasteiger partial charge in [-0.1, -0.05) is 6.07 Å². The quantitative estimate of drug-likeness (QED) is 0.793. The topological polar surface area (TPSA) is 94.3 Å². The molecule has 0 aliphatic carbocycles. The lowest BCUT2D eigenvalue weighted by molar-refractivity contribution is 0.0985. The summed E-state index contributed by atoms with van der Waals surface area (Å²) < 4.78 is 7.38. The number of rotatable bonds is 4. The number of carbonyl (C=O) groups excluding carboxylic acids is 1. The minimum absolute atomic E-state index is 0.298. The van der Waals surface area contributed by atoms with E-state index >= 15 is 0 Å². The highest BCUT2D eigenvalue weighted by molar-refractivity contribution is 5.98. The Kier molecular flexibility index (Phi) is 3.77. The third-order valence-electron chi connectivity index (χ3n) is 4.27. The average molecular weight is 335 g/mol. The Morgan fingerprint density at radius 3 is 2.92 bits per heavy atom. The molecule has 0 radical (unpaired) electrons. The molecule has 7 nitrogen and oxygen atoms in total. The fourth-order valence-electron chi connectivity index (χ4n) is 3.05. The van der Waals surface area contributed by atoms with Gasteiger partial charge in [-0.15, -0.1) is 5.11 Å². The summed E-state index contributed by atoms with van der Waals surface area (Å²) in [5.74, 6) is 0.461. The number of benzene rings is 1. The molecule has 1 unspecified atom stereocenters. The third-order valence-corrected chi connectivity index (χ3v) is 4.27. The van der Waals surface area contributed by atoms with Crippen LogP contribution in [-0.2, 0) is 0 Å². The molecule has 7 heteroatoms. The van der Waals surface area contributed by atoms with Crippen LogP contribution in [-0.4, -0.2) is 28.7 Å². The molecule has 0 saturated heterocycles. The molecule has 1 aliphatic heterocycles. The van der Waals surface area contributed by atoms with Crippen molar-refractivity contribution in [2.75, 3.05) is 13.2 Å². The van der Waals surface area contributed by atoms with E-state index in [2.05, 4.69) is 15.3 Å². The highest BCUT2D eigenvalue weighted by atomic mass is 16.5. The molecule has 4 rings (SSSR count). The van der Waals surface area contributed by atoms with Gasteiger partial charge in [-0.05, 0) is 36.2 Å². The predicted molar refractivity (Wildman–Crippen MR) is 92.8 cm³/mol. The molecular weight excluding hydrogens is 318 g/mol. The summed E-state index contributed by atoms with van der Waals surface area (Å²) in [6.45, 7) is 2.85. The van der Waals surface area contributed by atoms with Gasteiger partial charge in [0.25, 0.3) is 5.91 Å². The van der Waals surface area contributed by atoms with Crippen molar-refractivity contribution < 1.29 is 9.53 Å². The van der Waals surface area contributed by atoms with E-state index in [1.54, 1.807) is 16.8 Å². The van der Waals surface area contributed by atoms with Gasteiger partial charge >= 0.3 is 0 Å². The van der Waals surface area contributed by atoms with Crippen LogP contribution in [0, 0.1) is 0 Å². The summed E-state index contributed by atoms with van der Waals surface area (Å²) in [5.41, 5.74) is 9.97. The average Bonchev–Trinajstić information content (AvgIpc) is 3.05. The van der Waals surface area contributed by atoms with Crippen molar-refractivity contribution in [1.82, 2.24) is 9.61 Å². The number of aromatic nitrogens is 2. The van der Waals surface area contributed by atoms with Crippen LogP contribution in [0.3, 0.4) is 0 Å². The zero-order valence-electron chi connectivity index (χ0n) is 13.7. The van der Waals surface area contributed by atoms with E-state index in [4.69, 9.17) is 10.5 Å². The van der Waals surface area contributed by atoms with Crippen molar-refractivity contribution >= 4 is 11.4 Å². The van der Waals surface area contributed by atoms with Crippen molar-refractivity contribution in [3.8, 4) is 16.9 Å². The molecule has 126 valence electrons. The molecule has 3 aromatic rings. The van der Waals surface area contributed by atoms with Crippen molar-refractivity contribution in [2.24, 2.45) is 16.0 Å².